The largest absolute Gasteiger partial charge is 0.295 e. The second-order valence-electron chi connectivity index (χ2n) is 7.68. The van der Waals surface area contributed by atoms with Crippen molar-refractivity contribution < 1.29 is 9.59 Å². The van der Waals surface area contributed by atoms with E-state index < -0.39 is 0 Å². The smallest absolute Gasteiger partial charge is 0.158 e. The quantitative estimate of drug-likeness (QED) is 0.587. The van der Waals surface area contributed by atoms with Crippen molar-refractivity contribution in [1.29, 1.82) is 0 Å². The standard InChI is InChI=1S/C24H30O2/c25-23-11-7-3-1-5-9-21(23)17-19-13-15-20(16-14-19)18-22-10-6-2-4-8-12-24(22)26/h13-18H,1-12H2/b21-17+,22-18+. The third-order valence-electron chi connectivity index (χ3n) is 5.53. The monoisotopic (exact) mass is 350 g/mol. The molecule has 0 atom stereocenters. The van der Waals surface area contributed by atoms with Crippen molar-refractivity contribution in [3.63, 3.8) is 0 Å². The summed E-state index contributed by atoms with van der Waals surface area (Å²) in [6.45, 7) is 0. The number of hydrogen-bond acceptors (Lipinski definition) is 2. The average molecular weight is 351 g/mol. The molecule has 0 amide bonds. The molecule has 0 radical (unpaired) electrons. The molecule has 0 aromatic heterocycles. The van der Waals surface area contributed by atoms with Gasteiger partial charge in [-0.25, -0.2) is 0 Å². The number of allylic oxidation sites excluding steroid dienone is 2. The van der Waals surface area contributed by atoms with Gasteiger partial charge in [0.05, 0.1) is 0 Å². The first-order valence-corrected chi connectivity index (χ1v) is 10.3. The highest BCUT2D eigenvalue weighted by molar-refractivity contribution is 6.00. The Kier molecular flexibility index (Phi) is 6.99. The molecule has 0 aliphatic heterocycles. The van der Waals surface area contributed by atoms with Crippen LogP contribution in [0.15, 0.2) is 35.4 Å². The lowest BCUT2D eigenvalue weighted by Gasteiger charge is -2.12. The van der Waals surface area contributed by atoms with Crippen molar-refractivity contribution in [1.82, 2.24) is 0 Å². The van der Waals surface area contributed by atoms with Crippen LogP contribution in [0.2, 0.25) is 0 Å². The van der Waals surface area contributed by atoms with E-state index in [0.29, 0.717) is 24.4 Å². The van der Waals surface area contributed by atoms with Crippen LogP contribution in [0.4, 0.5) is 0 Å². The first-order valence-electron chi connectivity index (χ1n) is 10.3. The molecule has 26 heavy (non-hydrogen) atoms. The van der Waals surface area contributed by atoms with Gasteiger partial charge in [0, 0.05) is 12.8 Å². The molecule has 2 saturated carbocycles. The Morgan fingerprint density at radius 1 is 0.500 bits per heavy atom. The molecule has 3 rings (SSSR count). The van der Waals surface area contributed by atoms with Gasteiger partial charge in [0.2, 0.25) is 0 Å². The van der Waals surface area contributed by atoms with Gasteiger partial charge in [-0.2, -0.15) is 0 Å². The average Bonchev–Trinajstić information content (AvgIpc) is 2.62. The molecule has 2 nitrogen and oxygen atoms in total. The van der Waals surface area contributed by atoms with E-state index in [4.69, 9.17) is 0 Å². The summed E-state index contributed by atoms with van der Waals surface area (Å²) in [6.07, 6.45) is 16.4. The summed E-state index contributed by atoms with van der Waals surface area (Å²) in [5.41, 5.74) is 4.12. The maximum atomic E-state index is 12.3. The molecule has 1 aromatic carbocycles. The van der Waals surface area contributed by atoms with Crippen LogP contribution in [-0.2, 0) is 9.59 Å². The van der Waals surface area contributed by atoms with Crippen LogP contribution in [0, 0.1) is 0 Å². The molecule has 0 heterocycles. The summed E-state index contributed by atoms with van der Waals surface area (Å²) < 4.78 is 0. The Morgan fingerprint density at radius 3 is 1.23 bits per heavy atom. The van der Waals surface area contributed by atoms with E-state index in [1.165, 1.54) is 25.7 Å². The summed E-state index contributed by atoms with van der Waals surface area (Å²) in [7, 11) is 0. The third-order valence-corrected chi connectivity index (χ3v) is 5.53. The van der Waals surface area contributed by atoms with Crippen LogP contribution < -0.4 is 0 Å². The van der Waals surface area contributed by atoms with E-state index in [-0.39, 0.29) is 0 Å². The second-order valence-corrected chi connectivity index (χ2v) is 7.68. The molecule has 2 aliphatic carbocycles. The summed E-state index contributed by atoms with van der Waals surface area (Å²) in [6, 6.07) is 8.27. The van der Waals surface area contributed by atoms with Gasteiger partial charge in [0.1, 0.15) is 0 Å². The minimum Gasteiger partial charge on any atom is -0.295 e. The molecule has 0 saturated heterocycles. The van der Waals surface area contributed by atoms with Crippen LogP contribution in [0.5, 0.6) is 0 Å². The number of hydrogen-bond donors (Lipinski definition) is 0. The van der Waals surface area contributed by atoms with Gasteiger partial charge in [-0.15, -0.1) is 0 Å². The van der Waals surface area contributed by atoms with Gasteiger partial charge >= 0.3 is 0 Å². The molecule has 0 unspecified atom stereocenters. The van der Waals surface area contributed by atoms with E-state index in [1.54, 1.807) is 0 Å². The van der Waals surface area contributed by atoms with E-state index in [1.807, 2.05) is 0 Å². The van der Waals surface area contributed by atoms with Crippen LogP contribution in [0.3, 0.4) is 0 Å². The van der Waals surface area contributed by atoms with Gasteiger partial charge in [-0.1, -0.05) is 49.9 Å². The lowest BCUT2D eigenvalue weighted by Crippen LogP contribution is -2.05. The van der Waals surface area contributed by atoms with Gasteiger partial charge in [0.15, 0.2) is 11.6 Å². The van der Waals surface area contributed by atoms with Crippen molar-refractivity contribution in [3.8, 4) is 0 Å². The van der Waals surface area contributed by atoms with Crippen molar-refractivity contribution in [2.75, 3.05) is 0 Å². The normalized spacial score (nSPS) is 23.4. The molecule has 1 aromatic rings. The zero-order valence-corrected chi connectivity index (χ0v) is 15.8. The van der Waals surface area contributed by atoms with Crippen LogP contribution in [0.25, 0.3) is 12.2 Å². The lowest BCUT2D eigenvalue weighted by molar-refractivity contribution is -0.116. The molecule has 2 aliphatic rings. The Hall–Kier alpha value is -1.96. The Labute approximate surface area is 157 Å². The molecule has 138 valence electrons. The highest BCUT2D eigenvalue weighted by Crippen LogP contribution is 2.23. The number of Topliss-reactive ketones (excluding diaryl/α,β-unsaturated/α-hetero) is 2. The topological polar surface area (TPSA) is 34.1 Å². The molecular formula is C24H30O2. The molecule has 0 bridgehead atoms. The third kappa shape index (κ3) is 5.52. The molecule has 0 spiro atoms. The van der Waals surface area contributed by atoms with Crippen LogP contribution in [-0.4, -0.2) is 11.6 Å². The fraction of sp³-hybridized carbons (Fsp3) is 0.500. The SMILES string of the molecule is O=C1CCCCCC/C1=C\c1ccc(/C=C2\CCCCCCC2=O)cc1. The zero-order valence-electron chi connectivity index (χ0n) is 15.8. The first kappa shape index (κ1) is 18.8. The predicted octanol–water partition coefficient (Wildman–Crippen LogP) is 6.30. The fourth-order valence-corrected chi connectivity index (χ4v) is 3.91. The first-order chi connectivity index (χ1) is 12.7. The summed E-state index contributed by atoms with van der Waals surface area (Å²) >= 11 is 0. The summed E-state index contributed by atoms with van der Waals surface area (Å²) in [5.74, 6) is 0.632. The van der Waals surface area contributed by atoms with Crippen molar-refractivity contribution >= 4 is 23.7 Å². The maximum absolute atomic E-state index is 12.3. The number of carbonyl (C=O) groups is 2. The van der Waals surface area contributed by atoms with E-state index in [0.717, 1.165) is 60.8 Å². The fourth-order valence-electron chi connectivity index (χ4n) is 3.91. The minimum absolute atomic E-state index is 0.316. The predicted molar refractivity (Wildman–Crippen MR) is 108 cm³/mol. The Bertz CT molecular complexity index is 630. The molecule has 2 heteroatoms. The van der Waals surface area contributed by atoms with E-state index >= 15 is 0 Å². The molecule has 2 fully saturated rings. The maximum Gasteiger partial charge on any atom is 0.158 e. The van der Waals surface area contributed by atoms with Gasteiger partial charge in [-0.3, -0.25) is 9.59 Å². The summed E-state index contributed by atoms with van der Waals surface area (Å²) in [5, 5.41) is 0. The van der Waals surface area contributed by atoms with Crippen molar-refractivity contribution in [2.24, 2.45) is 0 Å². The summed E-state index contributed by atoms with van der Waals surface area (Å²) in [4.78, 5) is 24.6. The van der Waals surface area contributed by atoms with Gasteiger partial charge in [-0.05, 0) is 73.0 Å². The minimum atomic E-state index is 0.316. The zero-order chi connectivity index (χ0) is 18.2. The van der Waals surface area contributed by atoms with Gasteiger partial charge in [0.25, 0.3) is 0 Å². The molecular weight excluding hydrogens is 320 g/mol. The van der Waals surface area contributed by atoms with E-state index in [2.05, 4.69) is 36.4 Å². The highest BCUT2D eigenvalue weighted by atomic mass is 16.1. The number of ketones is 2. The highest BCUT2D eigenvalue weighted by Gasteiger charge is 2.13. The van der Waals surface area contributed by atoms with Crippen LogP contribution >= 0.6 is 0 Å². The number of carbonyl (C=O) groups excluding carboxylic acids is 2. The number of benzene rings is 1. The lowest BCUT2D eigenvalue weighted by atomic mass is 9.92. The second kappa shape index (κ2) is 9.66. The molecule has 0 N–H and O–H groups in total. The van der Waals surface area contributed by atoms with Crippen molar-refractivity contribution in [3.05, 3.63) is 46.5 Å². The number of rotatable bonds is 2. The van der Waals surface area contributed by atoms with Crippen molar-refractivity contribution in [2.45, 2.75) is 77.0 Å². The van der Waals surface area contributed by atoms with E-state index in [9.17, 15) is 9.59 Å². The van der Waals surface area contributed by atoms with Gasteiger partial charge < -0.3 is 0 Å². The van der Waals surface area contributed by atoms with Crippen LogP contribution in [0.1, 0.15) is 88.2 Å². The Morgan fingerprint density at radius 2 is 0.846 bits per heavy atom. The Balaban J connectivity index is 1.73.